The molecule has 1 unspecified atom stereocenters. The summed E-state index contributed by atoms with van der Waals surface area (Å²) in [6.45, 7) is 4.36. The minimum absolute atomic E-state index is 0.292. The highest BCUT2D eigenvalue weighted by atomic mass is 35.5. The van der Waals surface area contributed by atoms with Crippen molar-refractivity contribution in [3.63, 3.8) is 0 Å². The molecular weight excluding hydrogens is 360 g/mol. The van der Waals surface area contributed by atoms with Gasteiger partial charge in [0.1, 0.15) is 0 Å². The van der Waals surface area contributed by atoms with Gasteiger partial charge in [0.2, 0.25) is 0 Å². The highest BCUT2D eigenvalue weighted by Crippen LogP contribution is 2.63. The van der Waals surface area contributed by atoms with Crippen LogP contribution in [0.5, 0.6) is 0 Å². The lowest BCUT2D eigenvalue weighted by Crippen LogP contribution is -2.26. The van der Waals surface area contributed by atoms with Crippen LogP contribution in [0.25, 0.3) is 22.3 Å². The van der Waals surface area contributed by atoms with Gasteiger partial charge in [-0.05, 0) is 70.5 Å². The molecule has 0 aliphatic heterocycles. The summed E-state index contributed by atoms with van der Waals surface area (Å²) >= 11 is 6.54. The molecule has 0 N–H and O–H groups in total. The number of hydrogen-bond acceptors (Lipinski definition) is 0. The molecule has 0 aromatic heterocycles. The van der Waals surface area contributed by atoms with Crippen molar-refractivity contribution in [1.29, 1.82) is 0 Å². The van der Waals surface area contributed by atoms with Gasteiger partial charge in [-0.3, -0.25) is 0 Å². The monoisotopic (exact) mass is 378 g/mol. The van der Waals surface area contributed by atoms with Crippen LogP contribution in [0.4, 0.5) is 0 Å². The van der Waals surface area contributed by atoms with Crippen molar-refractivity contribution in [3.05, 3.63) is 117 Å². The van der Waals surface area contributed by atoms with Gasteiger partial charge in [0.25, 0.3) is 0 Å². The number of hydrogen-bond donors (Lipinski definition) is 0. The van der Waals surface area contributed by atoms with Gasteiger partial charge < -0.3 is 0 Å². The lowest BCUT2D eigenvalue weighted by molar-refractivity contribution is 0.791. The van der Waals surface area contributed by atoms with Crippen LogP contribution in [0.15, 0.2) is 78.9 Å². The van der Waals surface area contributed by atoms with Crippen LogP contribution in [0, 0.1) is 13.8 Å². The molecule has 2 aliphatic rings. The Bertz CT molecular complexity index is 1220. The minimum Gasteiger partial charge on any atom is -0.0843 e. The van der Waals surface area contributed by atoms with E-state index in [2.05, 4.69) is 86.6 Å². The third-order valence-electron chi connectivity index (χ3n) is 6.46. The lowest BCUT2D eigenvalue weighted by Gasteiger charge is -2.31. The van der Waals surface area contributed by atoms with Crippen LogP contribution < -0.4 is 0 Å². The van der Waals surface area contributed by atoms with Gasteiger partial charge in [0.05, 0.1) is 5.41 Å². The Morgan fingerprint density at radius 1 is 0.536 bits per heavy atom. The van der Waals surface area contributed by atoms with Crippen LogP contribution >= 0.6 is 11.6 Å². The molecule has 0 nitrogen and oxygen atoms in total. The largest absolute Gasteiger partial charge is 0.0843 e. The van der Waals surface area contributed by atoms with Crippen molar-refractivity contribution < 1.29 is 0 Å². The average Bonchev–Trinajstić information content (AvgIpc) is 3.13. The third-order valence-corrected chi connectivity index (χ3v) is 6.69. The van der Waals surface area contributed by atoms with Crippen LogP contribution in [0.1, 0.15) is 33.4 Å². The third kappa shape index (κ3) is 1.82. The van der Waals surface area contributed by atoms with E-state index in [0.29, 0.717) is 0 Å². The number of benzene rings is 4. The van der Waals surface area contributed by atoms with E-state index in [1.807, 2.05) is 6.07 Å². The SMILES string of the molecule is Cc1ccc2c(c1)C1(c3ccccc3-2)c2cc(C)ccc2-c2ccc(Cl)cc21. The molecular formula is C27H19Cl. The van der Waals surface area contributed by atoms with E-state index in [0.717, 1.165) is 5.02 Å². The maximum absolute atomic E-state index is 6.54. The molecule has 6 rings (SSSR count). The molecule has 0 radical (unpaired) electrons. The molecule has 28 heavy (non-hydrogen) atoms. The van der Waals surface area contributed by atoms with Crippen molar-refractivity contribution in [2.75, 3.05) is 0 Å². The second-order valence-electron chi connectivity index (χ2n) is 8.08. The van der Waals surface area contributed by atoms with Crippen molar-refractivity contribution >= 4 is 11.6 Å². The molecule has 2 aliphatic carbocycles. The van der Waals surface area contributed by atoms with E-state index >= 15 is 0 Å². The summed E-state index contributed by atoms with van der Waals surface area (Å²) in [6, 6.07) is 29.0. The minimum atomic E-state index is -0.292. The average molecular weight is 379 g/mol. The van der Waals surface area contributed by atoms with Gasteiger partial charge in [0, 0.05) is 5.02 Å². The molecule has 0 saturated carbocycles. The van der Waals surface area contributed by atoms with Crippen molar-refractivity contribution in [2.45, 2.75) is 19.3 Å². The van der Waals surface area contributed by atoms with E-state index in [1.165, 1.54) is 55.6 Å². The van der Waals surface area contributed by atoms with E-state index in [9.17, 15) is 0 Å². The zero-order valence-corrected chi connectivity index (χ0v) is 16.6. The van der Waals surface area contributed by atoms with Gasteiger partial charge >= 0.3 is 0 Å². The maximum atomic E-state index is 6.54. The molecule has 134 valence electrons. The first-order chi connectivity index (χ1) is 13.6. The van der Waals surface area contributed by atoms with Gasteiger partial charge in [0.15, 0.2) is 0 Å². The molecule has 0 bridgehead atoms. The van der Waals surface area contributed by atoms with E-state index in [1.54, 1.807) is 0 Å². The molecule has 0 heterocycles. The second-order valence-corrected chi connectivity index (χ2v) is 8.52. The fraction of sp³-hybridized carbons (Fsp3) is 0.111. The van der Waals surface area contributed by atoms with Crippen molar-refractivity contribution in [2.24, 2.45) is 0 Å². The zero-order chi connectivity index (χ0) is 19.0. The fourth-order valence-electron chi connectivity index (χ4n) is 5.38. The van der Waals surface area contributed by atoms with Crippen molar-refractivity contribution in [3.8, 4) is 22.3 Å². The Morgan fingerprint density at radius 2 is 1.04 bits per heavy atom. The summed E-state index contributed by atoms with van der Waals surface area (Å²) in [5.74, 6) is 0. The van der Waals surface area contributed by atoms with Crippen LogP contribution in [0.3, 0.4) is 0 Å². The van der Waals surface area contributed by atoms with E-state index < -0.39 is 0 Å². The summed E-state index contributed by atoms with van der Waals surface area (Å²) in [5, 5.41) is 0.793. The highest BCUT2D eigenvalue weighted by Gasteiger charge is 2.51. The second kappa shape index (κ2) is 5.37. The normalized spacial score (nSPS) is 18.0. The van der Waals surface area contributed by atoms with E-state index in [-0.39, 0.29) is 5.41 Å². The van der Waals surface area contributed by atoms with Crippen LogP contribution in [-0.2, 0) is 5.41 Å². The summed E-state index contributed by atoms with van der Waals surface area (Å²) < 4.78 is 0. The Labute approximate surface area is 170 Å². The summed E-state index contributed by atoms with van der Waals surface area (Å²) in [5.41, 5.74) is 13.0. The Kier molecular flexibility index (Phi) is 3.10. The number of rotatable bonds is 0. The summed E-state index contributed by atoms with van der Waals surface area (Å²) in [7, 11) is 0. The van der Waals surface area contributed by atoms with Crippen LogP contribution in [-0.4, -0.2) is 0 Å². The molecule has 0 fully saturated rings. The molecule has 4 aromatic rings. The quantitative estimate of drug-likeness (QED) is 0.260. The zero-order valence-electron chi connectivity index (χ0n) is 15.9. The van der Waals surface area contributed by atoms with Crippen molar-refractivity contribution in [1.82, 2.24) is 0 Å². The molecule has 1 atom stereocenters. The smallest absolute Gasteiger partial charge is 0.0726 e. The standard InChI is InChI=1S/C27H19Cl/c1-16-7-10-20-19-5-3-4-6-23(19)27(24(20)13-16)25-14-17(2)8-11-21(25)22-12-9-18(28)15-26(22)27/h3-15H,1-2H3. The van der Waals surface area contributed by atoms with Gasteiger partial charge in [-0.15, -0.1) is 0 Å². The molecule has 4 aromatic carbocycles. The molecule has 1 spiro atoms. The predicted molar refractivity (Wildman–Crippen MR) is 117 cm³/mol. The Balaban J connectivity index is 1.88. The van der Waals surface area contributed by atoms with Gasteiger partial charge in [-0.2, -0.15) is 0 Å². The molecule has 0 amide bonds. The number of halogens is 1. The first kappa shape index (κ1) is 16.2. The number of fused-ring (bicyclic) bond motifs is 10. The Morgan fingerprint density at radius 3 is 1.68 bits per heavy atom. The van der Waals surface area contributed by atoms with E-state index in [4.69, 9.17) is 11.6 Å². The number of aryl methyl sites for hydroxylation is 2. The maximum Gasteiger partial charge on any atom is 0.0726 e. The molecule has 0 saturated heterocycles. The lowest BCUT2D eigenvalue weighted by atomic mass is 9.70. The first-order valence-corrected chi connectivity index (χ1v) is 10.1. The van der Waals surface area contributed by atoms with Crippen LogP contribution in [0.2, 0.25) is 5.02 Å². The van der Waals surface area contributed by atoms with Gasteiger partial charge in [-0.1, -0.05) is 89.5 Å². The Hall–Kier alpha value is -2.83. The topological polar surface area (TPSA) is 0 Å². The first-order valence-electron chi connectivity index (χ1n) is 9.73. The van der Waals surface area contributed by atoms with Gasteiger partial charge in [-0.25, -0.2) is 0 Å². The summed E-state index contributed by atoms with van der Waals surface area (Å²) in [6.07, 6.45) is 0. The predicted octanol–water partition coefficient (Wildman–Crippen LogP) is 7.30. The highest BCUT2D eigenvalue weighted by molar-refractivity contribution is 6.30. The molecule has 1 heteroatoms. The summed E-state index contributed by atoms with van der Waals surface area (Å²) in [4.78, 5) is 0. The fourth-order valence-corrected chi connectivity index (χ4v) is 5.56.